The normalized spacial score (nSPS) is 13.9. The highest BCUT2D eigenvalue weighted by molar-refractivity contribution is 6.19. The van der Waals surface area contributed by atoms with E-state index in [0.29, 0.717) is 30.9 Å². The second kappa shape index (κ2) is 23.6. The van der Waals surface area contributed by atoms with Crippen LogP contribution in [0.1, 0.15) is 83.7 Å². The molecular formula is C61H52O10. The van der Waals surface area contributed by atoms with Gasteiger partial charge in [0, 0.05) is 0 Å². The summed E-state index contributed by atoms with van der Waals surface area (Å²) >= 11 is 0. The van der Waals surface area contributed by atoms with Crippen LogP contribution < -0.4 is 23.7 Å². The Balaban J connectivity index is 1.05. The molecule has 9 rings (SSSR count). The van der Waals surface area contributed by atoms with Crippen molar-refractivity contribution in [1.29, 1.82) is 0 Å². The van der Waals surface area contributed by atoms with E-state index < -0.39 is 29.9 Å². The molecule has 1 fully saturated rings. The van der Waals surface area contributed by atoms with E-state index in [-0.39, 0.29) is 65.9 Å². The summed E-state index contributed by atoms with van der Waals surface area (Å²) in [5.74, 6) is -0.499. The van der Waals surface area contributed by atoms with Gasteiger partial charge in [0.05, 0.1) is 16.7 Å². The van der Waals surface area contributed by atoms with E-state index in [1.807, 2.05) is 176 Å². The smallest absolute Gasteiger partial charge is 0.339 e. The first kappa shape index (κ1) is 47.4. The van der Waals surface area contributed by atoms with Gasteiger partial charge in [-0.3, -0.25) is 4.79 Å². The number of hydrogen-bond donors (Lipinski definition) is 0. The Labute approximate surface area is 413 Å². The van der Waals surface area contributed by atoms with Gasteiger partial charge in [0.15, 0.2) is 0 Å². The van der Waals surface area contributed by atoms with Crippen LogP contribution in [0.15, 0.2) is 206 Å². The summed E-state index contributed by atoms with van der Waals surface area (Å²) in [4.78, 5) is 44.3. The van der Waals surface area contributed by atoms with Gasteiger partial charge in [-0.15, -0.1) is 0 Å². The summed E-state index contributed by atoms with van der Waals surface area (Å²) in [6.07, 6.45) is 1.07. The molecule has 0 amide bonds. The van der Waals surface area contributed by atoms with Gasteiger partial charge in [-0.1, -0.05) is 158 Å². The molecule has 8 aromatic rings. The molecule has 10 heteroatoms. The molecule has 0 unspecified atom stereocenters. The number of hydrogen-bond acceptors (Lipinski definition) is 10. The summed E-state index contributed by atoms with van der Waals surface area (Å²) < 4.78 is 44.0. The Kier molecular flexibility index (Phi) is 15.8. The molecular weight excluding hydrogens is 893 g/mol. The average Bonchev–Trinajstić information content (AvgIpc) is 3.86. The monoisotopic (exact) mass is 944 g/mol. The number of ether oxygens (including phenoxy) is 7. The second-order valence-electron chi connectivity index (χ2n) is 17.0. The van der Waals surface area contributed by atoms with Crippen LogP contribution in [-0.4, -0.2) is 29.9 Å². The lowest BCUT2D eigenvalue weighted by Crippen LogP contribution is -2.31. The van der Waals surface area contributed by atoms with Crippen molar-refractivity contribution in [2.24, 2.45) is 0 Å². The van der Waals surface area contributed by atoms with Crippen molar-refractivity contribution in [3.63, 3.8) is 0 Å². The molecule has 2 atom stereocenters. The number of rotatable bonds is 21. The zero-order valence-corrected chi connectivity index (χ0v) is 39.0. The lowest BCUT2D eigenvalue weighted by Gasteiger charge is -2.23. The van der Waals surface area contributed by atoms with Crippen molar-refractivity contribution < 1.29 is 47.5 Å². The van der Waals surface area contributed by atoms with E-state index >= 15 is 4.79 Å². The van der Waals surface area contributed by atoms with Crippen molar-refractivity contribution in [3.05, 3.63) is 256 Å². The third-order valence-electron chi connectivity index (χ3n) is 11.9. The van der Waals surface area contributed by atoms with E-state index in [9.17, 15) is 9.59 Å². The first-order valence-electron chi connectivity index (χ1n) is 23.6. The summed E-state index contributed by atoms with van der Waals surface area (Å²) in [6, 6.07) is 62.8. The number of benzene rings is 8. The van der Waals surface area contributed by atoms with Crippen molar-refractivity contribution in [2.45, 2.75) is 64.5 Å². The second-order valence-corrected chi connectivity index (χ2v) is 17.0. The van der Waals surface area contributed by atoms with Gasteiger partial charge in [-0.2, -0.15) is 0 Å². The third-order valence-corrected chi connectivity index (χ3v) is 11.9. The van der Waals surface area contributed by atoms with Crippen LogP contribution in [0.3, 0.4) is 0 Å². The molecule has 0 aromatic heterocycles. The molecule has 0 radical (unpaired) electrons. The molecule has 0 heterocycles. The minimum atomic E-state index is -0.734. The van der Waals surface area contributed by atoms with Crippen molar-refractivity contribution in [3.8, 4) is 28.7 Å². The molecule has 71 heavy (non-hydrogen) atoms. The molecule has 1 aliphatic rings. The maximum absolute atomic E-state index is 15.7. The molecule has 356 valence electrons. The quantitative estimate of drug-likeness (QED) is 0.0509. The Morgan fingerprint density at radius 2 is 0.831 bits per heavy atom. The summed E-state index contributed by atoms with van der Waals surface area (Å²) in [7, 11) is 0. The van der Waals surface area contributed by atoms with Gasteiger partial charge in [0.1, 0.15) is 79.6 Å². The topological polar surface area (TPSA) is 116 Å². The Bertz CT molecular complexity index is 2940. The van der Waals surface area contributed by atoms with Crippen LogP contribution in [0.2, 0.25) is 0 Å². The van der Waals surface area contributed by atoms with Crippen LogP contribution in [0.25, 0.3) is 0 Å². The highest BCUT2D eigenvalue weighted by Crippen LogP contribution is 2.39. The van der Waals surface area contributed by atoms with E-state index in [1.165, 1.54) is 18.2 Å². The van der Waals surface area contributed by atoms with E-state index in [0.717, 1.165) is 34.2 Å². The summed E-state index contributed by atoms with van der Waals surface area (Å²) in [5, 5.41) is 0. The molecule has 10 nitrogen and oxygen atoms in total. The van der Waals surface area contributed by atoms with E-state index in [2.05, 4.69) is 0 Å². The number of ketones is 1. The predicted molar refractivity (Wildman–Crippen MR) is 269 cm³/mol. The van der Waals surface area contributed by atoms with Gasteiger partial charge >= 0.3 is 11.9 Å². The molecule has 1 aliphatic carbocycles. The molecule has 8 aromatic carbocycles. The summed E-state index contributed by atoms with van der Waals surface area (Å²) in [5.41, 5.74) is 4.28. The molecule has 1 saturated carbocycles. The Morgan fingerprint density at radius 3 is 1.34 bits per heavy atom. The molecule has 0 saturated heterocycles. The van der Waals surface area contributed by atoms with Crippen molar-refractivity contribution in [2.75, 3.05) is 0 Å². The van der Waals surface area contributed by atoms with Crippen LogP contribution in [0.4, 0.5) is 0 Å². The first-order chi connectivity index (χ1) is 34.9. The lowest BCUT2D eigenvalue weighted by atomic mass is 9.94. The van der Waals surface area contributed by atoms with Gasteiger partial charge < -0.3 is 33.2 Å². The van der Waals surface area contributed by atoms with Crippen LogP contribution in [0, 0.1) is 0 Å². The van der Waals surface area contributed by atoms with Crippen LogP contribution in [0.5, 0.6) is 28.7 Å². The summed E-state index contributed by atoms with van der Waals surface area (Å²) in [6.45, 7) is 0.577. The highest BCUT2D eigenvalue weighted by Gasteiger charge is 2.35. The van der Waals surface area contributed by atoms with Crippen molar-refractivity contribution >= 4 is 17.7 Å². The number of esters is 2. The van der Waals surface area contributed by atoms with Crippen LogP contribution >= 0.6 is 0 Å². The minimum Gasteiger partial charge on any atom is -0.489 e. The largest absolute Gasteiger partial charge is 0.489 e. The van der Waals surface area contributed by atoms with Gasteiger partial charge in [0.25, 0.3) is 0 Å². The third kappa shape index (κ3) is 12.7. The number of carbonyl (C=O) groups excluding carboxylic acids is 3. The van der Waals surface area contributed by atoms with Crippen molar-refractivity contribution in [1.82, 2.24) is 0 Å². The average molecular weight is 945 g/mol. The fourth-order valence-electron chi connectivity index (χ4n) is 8.24. The zero-order chi connectivity index (χ0) is 48.6. The first-order valence-corrected chi connectivity index (χ1v) is 23.6. The fourth-order valence-corrected chi connectivity index (χ4v) is 8.24. The Morgan fingerprint density at radius 1 is 0.394 bits per heavy atom. The standard InChI is InChI=1S/C61H52O10/c62-59(57-51(61(64)69-42-47-26-14-5-15-27-47)28-16-31-54(57)66-39-44-20-8-2-9-21-44)58-55(67-40-45-22-10-3-11-23-45)36-48(37-56(58)68-41-46-24-12-4-13-25-46)60(63)71-53-30-17-29-52(53)70-50-34-32-49(33-35-50)65-38-43-18-6-1-7-19-43/h1-16,18-28,31-37,52-53H,17,29-30,38-42H2/t52-,53-/m1/s1. The Hall–Kier alpha value is -8.63. The van der Waals surface area contributed by atoms with Gasteiger partial charge in [-0.25, -0.2) is 9.59 Å². The molecule has 0 spiro atoms. The van der Waals surface area contributed by atoms with Gasteiger partial charge in [-0.05, 0) is 95.6 Å². The predicted octanol–water partition coefficient (Wildman–Crippen LogP) is 12.7. The van der Waals surface area contributed by atoms with Crippen LogP contribution in [-0.2, 0) is 42.5 Å². The maximum Gasteiger partial charge on any atom is 0.339 e. The van der Waals surface area contributed by atoms with E-state index in [1.54, 1.807) is 12.1 Å². The fraction of sp³-hybridized carbons (Fsp3) is 0.164. The lowest BCUT2D eigenvalue weighted by molar-refractivity contribution is 0.00219. The van der Waals surface area contributed by atoms with E-state index in [4.69, 9.17) is 33.2 Å². The highest BCUT2D eigenvalue weighted by atomic mass is 16.6. The molecule has 0 N–H and O–H groups in total. The zero-order valence-electron chi connectivity index (χ0n) is 39.0. The molecule has 0 aliphatic heterocycles. The number of carbonyl (C=O) groups is 3. The minimum absolute atomic E-state index is 0.0235. The maximum atomic E-state index is 15.7. The van der Waals surface area contributed by atoms with Gasteiger partial charge in [0.2, 0.25) is 5.78 Å². The SMILES string of the molecule is O=C(O[C@@H]1CCC[C@H]1Oc1ccc(OCc2ccccc2)cc1)c1cc(OCc2ccccc2)c(C(=O)c2c(OCc3ccccc3)cccc2C(=O)OCc2ccccc2)c(OCc2ccccc2)c1. The molecule has 0 bridgehead atoms.